The molecule has 0 saturated carbocycles. The number of pyridine rings is 1. The summed E-state index contributed by atoms with van der Waals surface area (Å²) >= 11 is 1.88. The van der Waals surface area contributed by atoms with E-state index in [1.54, 1.807) is 6.20 Å². The third-order valence-electron chi connectivity index (χ3n) is 1.89. The molecular weight excluding hydrogens is 206 g/mol. The molecule has 0 aliphatic heterocycles. The number of aromatic nitrogens is 1. The van der Waals surface area contributed by atoms with E-state index in [1.807, 2.05) is 23.9 Å². The molecule has 1 atom stereocenters. The number of nitrogens with zero attached hydrogens (tertiary/aromatic N) is 2. The summed E-state index contributed by atoms with van der Waals surface area (Å²) in [6.07, 6.45) is 1.63. The fraction of sp³-hybridized carbons (Fsp3) is 0.455. The Morgan fingerprint density at radius 1 is 1.67 bits per heavy atom. The lowest BCUT2D eigenvalue weighted by Crippen LogP contribution is -2.19. The van der Waals surface area contributed by atoms with Crippen molar-refractivity contribution in [3.05, 3.63) is 24.0 Å². The van der Waals surface area contributed by atoms with Gasteiger partial charge in [-0.1, -0.05) is 6.92 Å². The van der Waals surface area contributed by atoms with Crippen molar-refractivity contribution in [1.29, 1.82) is 5.26 Å². The van der Waals surface area contributed by atoms with Crippen LogP contribution >= 0.6 is 11.8 Å². The van der Waals surface area contributed by atoms with Gasteiger partial charge in [0.15, 0.2) is 5.69 Å². The maximum absolute atomic E-state index is 8.85. The minimum Gasteiger partial charge on any atom is -0.379 e. The highest BCUT2D eigenvalue weighted by Crippen LogP contribution is 2.13. The van der Waals surface area contributed by atoms with Crippen molar-refractivity contribution >= 4 is 17.4 Å². The predicted octanol–water partition coefficient (Wildman–Crippen LogP) is 2.51. The summed E-state index contributed by atoms with van der Waals surface area (Å²) in [5.41, 5.74) is 1.29. The number of nitrogens with one attached hydrogen (secondary N) is 1. The Kier molecular flexibility index (Phi) is 4.99. The van der Waals surface area contributed by atoms with Crippen molar-refractivity contribution in [3.8, 4) is 6.07 Å². The number of anilines is 1. The lowest BCUT2D eigenvalue weighted by Gasteiger charge is -2.14. The monoisotopic (exact) mass is 221 g/mol. The largest absolute Gasteiger partial charge is 0.379 e. The molecule has 80 valence electrons. The van der Waals surface area contributed by atoms with Crippen LogP contribution in [0.25, 0.3) is 0 Å². The number of hydrogen-bond acceptors (Lipinski definition) is 4. The third kappa shape index (κ3) is 3.80. The molecular formula is C11H15N3S. The first-order valence-electron chi connectivity index (χ1n) is 4.97. The fourth-order valence-electron chi connectivity index (χ4n) is 1.21. The van der Waals surface area contributed by atoms with Crippen molar-refractivity contribution in [2.45, 2.75) is 19.9 Å². The second-order valence-corrected chi connectivity index (χ2v) is 4.54. The van der Waals surface area contributed by atoms with Gasteiger partial charge in [-0.15, -0.1) is 0 Å². The highest BCUT2D eigenvalue weighted by atomic mass is 32.2. The quantitative estimate of drug-likeness (QED) is 0.830. The van der Waals surface area contributed by atoms with E-state index in [9.17, 15) is 0 Å². The molecule has 15 heavy (non-hydrogen) atoms. The molecule has 1 N–H and O–H groups in total. The normalized spacial score (nSPS) is 11.8. The van der Waals surface area contributed by atoms with Crippen molar-refractivity contribution in [3.63, 3.8) is 0 Å². The molecule has 0 amide bonds. The fourth-order valence-corrected chi connectivity index (χ4v) is 1.89. The van der Waals surface area contributed by atoms with Gasteiger partial charge < -0.3 is 5.32 Å². The molecule has 0 aliphatic rings. The van der Waals surface area contributed by atoms with Gasteiger partial charge in [0.25, 0.3) is 0 Å². The van der Waals surface area contributed by atoms with Crippen LogP contribution in [0.15, 0.2) is 18.3 Å². The van der Waals surface area contributed by atoms with Crippen LogP contribution in [-0.2, 0) is 0 Å². The topological polar surface area (TPSA) is 48.7 Å². The van der Waals surface area contributed by atoms with Gasteiger partial charge in [0.1, 0.15) is 6.07 Å². The summed E-state index contributed by atoms with van der Waals surface area (Å²) in [6.45, 7) is 4.25. The number of hydrogen-bond donors (Lipinski definition) is 1. The highest BCUT2D eigenvalue weighted by Gasteiger charge is 2.05. The average molecular weight is 221 g/mol. The Morgan fingerprint density at radius 2 is 2.47 bits per heavy atom. The molecule has 1 aromatic rings. The summed E-state index contributed by atoms with van der Waals surface area (Å²) in [7, 11) is 0. The van der Waals surface area contributed by atoms with Crippen molar-refractivity contribution in [2.24, 2.45) is 0 Å². The molecule has 0 fully saturated rings. The van der Waals surface area contributed by atoms with E-state index >= 15 is 0 Å². The van der Waals surface area contributed by atoms with Crippen molar-refractivity contribution in [1.82, 2.24) is 4.98 Å². The van der Waals surface area contributed by atoms with Gasteiger partial charge in [-0.3, -0.25) is 0 Å². The minimum atomic E-state index is 0.353. The second-order valence-electron chi connectivity index (χ2n) is 3.22. The van der Waals surface area contributed by atoms with E-state index in [2.05, 4.69) is 30.2 Å². The molecule has 0 spiro atoms. The van der Waals surface area contributed by atoms with Crippen LogP contribution in [0.5, 0.6) is 0 Å². The molecule has 0 saturated heterocycles. The van der Waals surface area contributed by atoms with Gasteiger partial charge in [-0.05, 0) is 24.8 Å². The lowest BCUT2D eigenvalue weighted by atomic mass is 10.3. The highest BCUT2D eigenvalue weighted by molar-refractivity contribution is 7.99. The first-order valence-corrected chi connectivity index (χ1v) is 6.12. The van der Waals surface area contributed by atoms with Crippen LogP contribution < -0.4 is 5.32 Å². The van der Waals surface area contributed by atoms with E-state index in [0.717, 1.165) is 17.2 Å². The van der Waals surface area contributed by atoms with Crippen molar-refractivity contribution < 1.29 is 0 Å². The van der Waals surface area contributed by atoms with E-state index < -0.39 is 0 Å². The van der Waals surface area contributed by atoms with Crippen LogP contribution in [0.1, 0.15) is 19.5 Å². The maximum Gasteiger partial charge on any atom is 0.163 e. The van der Waals surface area contributed by atoms with E-state index in [0.29, 0.717) is 11.7 Å². The van der Waals surface area contributed by atoms with E-state index in [1.165, 1.54) is 0 Å². The van der Waals surface area contributed by atoms with Gasteiger partial charge in [0.05, 0.1) is 5.69 Å². The number of thioether (sulfide) groups is 1. The van der Waals surface area contributed by atoms with Gasteiger partial charge in [-0.2, -0.15) is 17.0 Å². The van der Waals surface area contributed by atoms with Gasteiger partial charge in [0.2, 0.25) is 0 Å². The average Bonchev–Trinajstić information content (AvgIpc) is 2.27. The lowest BCUT2D eigenvalue weighted by molar-refractivity contribution is 0.909. The third-order valence-corrected chi connectivity index (χ3v) is 3.03. The predicted molar refractivity (Wildman–Crippen MR) is 65.0 cm³/mol. The van der Waals surface area contributed by atoms with Gasteiger partial charge in [-0.25, -0.2) is 4.98 Å². The van der Waals surface area contributed by atoms with Crippen LogP contribution in [0.2, 0.25) is 0 Å². The molecule has 1 aromatic heterocycles. The minimum absolute atomic E-state index is 0.353. The van der Waals surface area contributed by atoms with E-state index in [-0.39, 0.29) is 0 Å². The first kappa shape index (κ1) is 11.9. The van der Waals surface area contributed by atoms with Crippen LogP contribution in [0, 0.1) is 11.3 Å². The second kappa shape index (κ2) is 6.31. The molecule has 0 aliphatic carbocycles. The van der Waals surface area contributed by atoms with Crippen molar-refractivity contribution in [2.75, 3.05) is 16.8 Å². The zero-order valence-electron chi connectivity index (χ0n) is 9.03. The number of rotatable bonds is 5. The summed E-state index contributed by atoms with van der Waals surface area (Å²) in [5.74, 6) is 2.15. The van der Waals surface area contributed by atoms with Crippen LogP contribution in [-0.4, -0.2) is 22.5 Å². The Labute approximate surface area is 94.9 Å². The van der Waals surface area contributed by atoms with Gasteiger partial charge in [0, 0.05) is 18.0 Å². The zero-order valence-corrected chi connectivity index (χ0v) is 9.84. The number of nitriles is 1. The SMILES string of the molecule is CCSCC(C)Nc1cccnc1C#N. The molecule has 0 bridgehead atoms. The first-order chi connectivity index (χ1) is 7.27. The summed E-state index contributed by atoms with van der Waals surface area (Å²) in [6, 6.07) is 6.15. The Hall–Kier alpha value is -1.21. The Balaban J connectivity index is 2.60. The Morgan fingerprint density at radius 3 is 3.13 bits per heavy atom. The molecule has 1 rings (SSSR count). The molecule has 0 aromatic carbocycles. The zero-order chi connectivity index (χ0) is 11.1. The van der Waals surface area contributed by atoms with Gasteiger partial charge >= 0.3 is 0 Å². The molecule has 1 unspecified atom stereocenters. The summed E-state index contributed by atoms with van der Waals surface area (Å²) in [5, 5.41) is 12.1. The summed E-state index contributed by atoms with van der Waals surface area (Å²) < 4.78 is 0. The molecule has 3 nitrogen and oxygen atoms in total. The summed E-state index contributed by atoms with van der Waals surface area (Å²) in [4.78, 5) is 4.00. The maximum atomic E-state index is 8.85. The molecule has 0 radical (unpaired) electrons. The standard InChI is InChI=1S/C11H15N3S/c1-3-15-8-9(2)14-10-5-4-6-13-11(10)7-12/h4-6,9,14H,3,8H2,1-2H3. The van der Waals surface area contributed by atoms with E-state index in [4.69, 9.17) is 5.26 Å². The molecule has 1 heterocycles. The smallest absolute Gasteiger partial charge is 0.163 e. The van der Waals surface area contributed by atoms with Crippen LogP contribution in [0.4, 0.5) is 5.69 Å². The Bertz CT molecular complexity index is 346. The van der Waals surface area contributed by atoms with Crippen LogP contribution in [0.3, 0.4) is 0 Å². The molecule has 4 heteroatoms.